The van der Waals surface area contributed by atoms with E-state index >= 15 is 0 Å². The predicted molar refractivity (Wildman–Crippen MR) is 98.2 cm³/mol. The van der Waals surface area contributed by atoms with Gasteiger partial charge < -0.3 is 15.4 Å². The number of nitrogens with two attached hydrogens (primary N) is 1. The molecule has 4 rings (SSSR count). The Hall–Kier alpha value is -1.55. The van der Waals surface area contributed by atoms with E-state index in [4.69, 9.17) is 10.5 Å². The molecule has 3 aliphatic rings. The van der Waals surface area contributed by atoms with Crippen molar-refractivity contribution in [3.05, 3.63) is 29.8 Å². The van der Waals surface area contributed by atoms with E-state index in [1.807, 2.05) is 12.1 Å². The van der Waals surface area contributed by atoms with Crippen LogP contribution < -0.4 is 10.5 Å². The molecule has 1 saturated heterocycles. The molecule has 2 aliphatic carbocycles. The Bertz CT molecular complexity index is 618. The lowest BCUT2D eigenvalue weighted by Crippen LogP contribution is -2.49. The van der Waals surface area contributed by atoms with Crippen LogP contribution in [0, 0.1) is 17.8 Å². The van der Waals surface area contributed by atoms with E-state index in [9.17, 15) is 4.79 Å². The fourth-order valence-electron chi connectivity index (χ4n) is 5.45. The van der Waals surface area contributed by atoms with Crippen molar-refractivity contribution in [2.75, 3.05) is 13.7 Å². The Labute approximate surface area is 150 Å². The average molecular weight is 342 g/mol. The summed E-state index contributed by atoms with van der Waals surface area (Å²) in [6.07, 6.45) is 7.85. The van der Waals surface area contributed by atoms with Crippen LogP contribution in [0.3, 0.4) is 0 Å². The van der Waals surface area contributed by atoms with Gasteiger partial charge in [0, 0.05) is 18.5 Å². The minimum atomic E-state index is 0.182. The SMILES string of the molecule is COc1cccc(C2CCCN2C(=O)C2CC3CCCC(C2)C3N)c1. The highest BCUT2D eigenvalue weighted by atomic mass is 16.5. The smallest absolute Gasteiger partial charge is 0.226 e. The van der Waals surface area contributed by atoms with Gasteiger partial charge in [-0.25, -0.2) is 0 Å². The van der Waals surface area contributed by atoms with Crippen LogP contribution in [0.4, 0.5) is 0 Å². The van der Waals surface area contributed by atoms with E-state index in [1.165, 1.54) is 24.8 Å². The molecule has 0 aromatic heterocycles. The molecule has 1 amide bonds. The molecule has 0 spiro atoms. The first kappa shape index (κ1) is 16.9. The van der Waals surface area contributed by atoms with E-state index in [-0.39, 0.29) is 12.0 Å². The molecule has 2 saturated carbocycles. The Kier molecular flexibility index (Phi) is 4.72. The Morgan fingerprint density at radius 1 is 1.16 bits per heavy atom. The first-order chi connectivity index (χ1) is 12.2. The molecule has 4 heteroatoms. The maximum Gasteiger partial charge on any atom is 0.226 e. The van der Waals surface area contributed by atoms with Gasteiger partial charge in [0.15, 0.2) is 0 Å². The summed E-state index contributed by atoms with van der Waals surface area (Å²) in [5, 5.41) is 0. The first-order valence-corrected chi connectivity index (χ1v) is 9.87. The van der Waals surface area contributed by atoms with E-state index < -0.39 is 0 Å². The van der Waals surface area contributed by atoms with Crippen molar-refractivity contribution in [1.82, 2.24) is 4.90 Å². The molecule has 4 nitrogen and oxygen atoms in total. The Morgan fingerprint density at radius 2 is 1.92 bits per heavy atom. The fourth-order valence-corrected chi connectivity index (χ4v) is 5.45. The van der Waals surface area contributed by atoms with Gasteiger partial charge in [-0.15, -0.1) is 0 Å². The molecule has 25 heavy (non-hydrogen) atoms. The third-order valence-electron chi connectivity index (χ3n) is 6.78. The van der Waals surface area contributed by atoms with Crippen molar-refractivity contribution in [3.63, 3.8) is 0 Å². The van der Waals surface area contributed by atoms with E-state index in [2.05, 4.69) is 17.0 Å². The molecule has 3 fully saturated rings. The third kappa shape index (κ3) is 3.17. The number of carbonyl (C=O) groups is 1. The monoisotopic (exact) mass is 342 g/mol. The summed E-state index contributed by atoms with van der Waals surface area (Å²) < 4.78 is 5.37. The van der Waals surface area contributed by atoms with Crippen molar-refractivity contribution < 1.29 is 9.53 Å². The number of methoxy groups -OCH3 is 1. The lowest BCUT2D eigenvalue weighted by atomic mass is 9.65. The summed E-state index contributed by atoms with van der Waals surface area (Å²) >= 11 is 0. The van der Waals surface area contributed by atoms with Gasteiger partial charge in [0.25, 0.3) is 0 Å². The molecule has 3 unspecified atom stereocenters. The van der Waals surface area contributed by atoms with Crippen molar-refractivity contribution in [2.24, 2.45) is 23.5 Å². The summed E-state index contributed by atoms with van der Waals surface area (Å²) in [4.78, 5) is 15.5. The molecule has 1 heterocycles. The summed E-state index contributed by atoms with van der Waals surface area (Å²) in [5.74, 6) is 2.53. The molecule has 2 N–H and O–H groups in total. The fraction of sp³-hybridized carbons (Fsp3) is 0.667. The van der Waals surface area contributed by atoms with Crippen LogP contribution in [0.2, 0.25) is 0 Å². The van der Waals surface area contributed by atoms with Crippen molar-refractivity contribution in [2.45, 2.75) is 57.0 Å². The second-order valence-electron chi connectivity index (χ2n) is 8.16. The van der Waals surface area contributed by atoms with Crippen LogP contribution in [0.5, 0.6) is 5.75 Å². The largest absolute Gasteiger partial charge is 0.497 e. The van der Waals surface area contributed by atoms with Crippen LogP contribution >= 0.6 is 0 Å². The van der Waals surface area contributed by atoms with Crippen LogP contribution in [0.1, 0.15) is 56.6 Å². The number of hydrogen-bond donors (Lipinski definition) is 1. The number of fused-ring (bicyclic) bond motifs is 2. The number of ether oxygens (including phenoxy) is 1. The first-order valence-electron chi connectivity index (χ1n) is 9.87. The Balaban J connectivity index is 1.51. The number of hydrogen-bond acceptors (Lipinski definition) is 3. The molecule has 0 radical (unpaired) electrons. The van der Waals surface area contributed by atoms with Crippen molar-refractivity contribution in [3.8, 4) is 5.75 Å². The van der Waals surface area contributed by atoms with Gasteiger partial charge in [0.2, 0.25) is 5.91 Å². The van der Waals surface area contributed by atoms with Gasteiger partial charge in [-0.1, -0.05) is 18.6 Å². The minimum absolute atomic E-state index is 0.182. The highest BCUT2D eigenvalue weighted by Gasteiger charge is 2.43. The predicted octanol–water partition coefficient (Wildman–Crippen LogP) is 3.51. The van der Waals surface area contributed by atoms with Crippen molar-refractivity contribution >= 4 is 5.91 Å². The summed E-state index contributed by atoms with van der Waals surface area (Å²) in [6.45, 7) is 0.887. The highest BCUT2D eigenvalue weighted by Crippen LogP contribution is 2.44. The summed E-state index contributed by atoms with van der Waals surface area (Å²) in [5.41, 5.74) is 7.62. The highest BCUT2D eigenvalue weighted by molar-refractivity contribution is 5.80. The zero-order chi connectivity index (χ0) is 17.4. The lowest BCUT2D eigenvalue weighted by Gasteiger charge is -2.44. The average Bonchev–Trinajstić information content (AvgIpc) is 3.10. The molecule has 3 atom stereocenters. The maximum atomic E-state index is 13.3. The molecule has 136 valence electrons. The minimum Gasteiger partial charge on any atom is -0.497 e. The molecular weight excluding hydrogens is 312 g/mol. The second-order valence-corrected chi connectivity index (χ2v) is 8.16. The molecular formula is C21H30N2O2. The van der Waals surface area contributed by atoms with Gasteiger partial charge in [0.05, 0.1) is 13.2 Å². The quantitative estimate of drug-likeness (QED) is 0.914. The van der Waals surface area contributed by atoms with E-state index in [1.54, 1.807) is 7.11 Å². The number of nitrogens with zero attached hydrogens (tertiary/aromatic N) is 1. The topological polar surface area (TPSA) is 55.6 Å². The number of rotatable bonds is 3. The van der Waals surface area contributed by atoms with E-state index in [0.29, 0.717) is 23.8 Å². The van der Waals surface area contributed by atoms with E-state index in [0.717, 1.165) is 38.0 Å². The summed E-state index contributed by atoms with van der Waals surface area (Å²) in [6, 6.07) is 8.74. The van der Waals surface area contributed by atoms with Gasteiger partial charge in [-0.3, -0.25) is 4.79 Å². The third-order valence-corrected chi connectivity index (χ3v) is 6.78. The molecule has 2 bridgehead atoms. The van der Waals surface area contributed by atoms with Crippen LogP contribution in [-0.2, 0) is 4.79 Å². The van der Waals surface area contributed by atoms with Gasteiger partial charge in [-0.2, -0.15) is 0 Å². The molecule has 1 aromatic rings. The Morgan fingerprint density at radius 3 is 2.64 bits per heavy atom. The lowest BCUT2D eigenvalue weighted by molar-refractivity contribution is -0.139. The van der Waals surface area contributed by atoms with Gasteiger partial charge >= 0.3 is 0 Å². The standard InChI is InChI=1S/C21H30N2O2/c1-25-18-8-3-5-14(13-18)19-9-4-10-23(19)21(24)17-11-15-6-2-7-16(12-17)20(15)22/h3,5,8,13,15-17,19-20H,2,4,6-7,9-12,22H2,1H3. The van der Waals surface area contributed by atoms with Gasteiger partial charge in [-0.05, 0) is 68.1 Å². The van der Waals surface area contributed by atoms with Crippen LogP contribution in [0.25, 0.3) is 0 Å². The van der Waals surface area contributed by atoms with Crippen LogP contribution in [-0.4, -0.2) is 30.5 Å². The second kappa shape index (κ2) is 6.99. The molecule has 1 aliphatic heterocycles. The zero-order valence-corrected chi connectivity index (χ0v) is 15.2. The normalized spacial score (nSPS) is 34.8. The van der Waals surface area contributed by atoms with Crippen LogP contribution in [0.15, 0.2) is 24.3 Å². The summed E-state index contributed by atoms with van der Waals surface area (Å²) in [7, 11) is 1.70. The zero-order valence-electron chi connectivity index (χ0n) is 15.2. The number of likely N-dealkylation sites (tertiary alicyclic amines) is 1. The molecule has 1 aromatic carbocycles. The van der Waals surface area contributed by atoms with Crippen molar-refractivity contribution in [1.29, 1.82) is 0 Å². The van der Waals surface area contributed by atoms with Gasteiger partial charge in [0.1, 0.15) is 5.75 Å². The maximum absolute atomic E-state index is 13.3. The number of carbonyl (C=O) groups excluding carboxylic acids is 1. The number of amides is 1. The number of benzene rings is 1.